The van der Waals surface area contributed by atoms with Gasteiger partial charge in [0.2, 0.25) is 0 Å². The zero-order chi connectivity index (χ0) is 7.68. The Bertz CT molecular complexity index is 302. The largest absolute Gasteiger partial charge is 0.241 e. The molecule has 1 aliphatic rings. The van der Waals surface area contributed by atoms with E-state index in [0.29, 0.717) is 0 Å². The highest BCUT2D eigenvalue weighted by molar-refractivity contribution is 5.73. The number of pyridine rings is 1. The lowest BCUT2D eigenvalue weighted by Crippen LogP contribution is -1.87. The summed E-state index contributed by atoms with van der Waals surface area (Å²) in [4.78, 5) is 8.55. The molecule has 2 nitrogen and oxygen atoms in total. The van der Waals surface area contributed by atoms with Gasteiger partial charge in [-0.1, -0.05) is 13.0 Å². The summed E-state index contributed by atoms with van der Waals surface area (Å²) in [5.41, 5.74) is 2.38. The molecule has 2 rings (SSSR count). The maximum absolute atomic E-state index is 4.37. The van der Waals surface area contributed by atoms with Crippen molar-refractivity contribution in [2.75, 3.05) is 0 Å². The summed E-state index contributed by atoms with van der Waals surface area (Å²) in [6.07, 6.45) is 3.85. The highest BCUT2D eigenvalue weighted by atomic mass is 14.9. The van der Waals surface area contributed by atoms with Crippen LogP contribution in [0, 0.1) is 0 Å². The number of rotatable bonds is 1. The molecule has 0 saturated carbocycles. The Morgan fingerprint density at radius 1 is 1.45 bits per heavy atom. The van der Waals surface area contributed by atoms with E-state index < -0.39 is 0 Å². The standard InChI is InChI=1S/C9H10N2/c1-2-8-4-3-7-5-6-10-9(7)11-8/h3-4,6H,2,5H2,1H3. The molecule has 0 N–H and O–H groups in total. The Morgan fingerprint density at radius 2 is 2.36 bits per heavy atom. The van der Waals surface area contributed by atoms with E-state index in [-0.39, 0.29) is 0 Å². The maximum atomic E-state index is 4.37. The van der Waals surface area contributed by atoms with Crippen LogP contribution in [0.4, 0.5) is 5.82 Å². The SMILES string of the molecule is CCc1ccc2c(n1)N=CC2. The first-order valence-corrected chi connectivity index (χ1v) is 3.91. The summed E-state index contributed by atoms with van der Waals surface area (Å²) in [7, 11) is 0. The van der Waals surface area contributed by atoms with Gasteiger partial charge in [0.15, 0.2) is 5.82 Å². The molecule has 2 heteroatoms. The fraction of sp³-hybridized carbons (Fsp3) is 0.333. The third-order valence-corrected chi connectivity index (χ3v) is 1.90. The average Bonchev–Trinajstić information content (AvgIpc) is 2.50. The van der Waals surface area contributed by atoms with Crippen LogP contribution >= 0.6 is 0 Å². The second kappa shape index (κ2) is 2.46. The molecule has 56 valence electrons. The van der Waals surface area contributed by atoms with Crippen molar-refractivity contribution < 1.29 is 0 Å². The first kappa shape index (κ1) is 6.53. The van der Waals surface area contributed by atoms with Crippen molar-refractivity contribution >= 4 is 12.0 Å². The maximum Gasteiger partial charge on any atom is 0.155 e. The average molecular weight is 146 g/mol. The fourth-order valence-electron chi connectivity index (χ4n) is 1.21. The lowest BCUT2D eigenvalue weighted by molar-refractivity contribution is 1.03. The molecule has 0 atom stereocenters. The van der Waals surface area contributed by atoms with Crippen molar-refractivity contribution in [3.8, 4) is 0 Å². The summed E-state index contributed by atoms with van der Waals surface area (Å²) in [5, 5.41) is 0. The van der Waals surface area contributed by atoms with Gasteiger partial charge in [0.25, 0.3) is 0 Å². The van der Waals surface area contributed by atoms with Gasteiger partial charge in [0, 0.05) is 23.9 Å². The zero-order valence-corrected chi connectivity index (χ0v) is 6.54. The predicted octanol–water partition coefficient (Wildman–Crippen LogP) is 1.90. The van der Waals surface area contributed by atoms with Crippen LogP contribution in [0.15, 0.2) is 17.1 Å². The van der Waals surface area contributed by atoms with Gasteiger partial charge in [0.05, 0.1) is 0 Å². The summed E-state index contributed by atoms with van der Waals surface area (Å²) >= 11 is 0. The first-order chi connectivity index (χ1) is 5.40. The molecule has 0 unspecified atom stereocenters. The number of hydrogen-bond acceptors (Lipinski definition) is 2. The smallest absolute Gasteiger partial charge is 0.155 e. The zero-order valence-electron chi connectivity index (χ0n) is 6.54. The van der Waals surface area contributed by atoms with E-state index in [4.69, 9.17) is 0 Å². The molecule has 0 aromatic carbocycles. The minimum atomic E-state index is 0.921. The molecule has 0 spiro atoms. The van der Waals surface area contributed by atoms with E-state index >= 15 is 0 Å². The third-order valence-electron chi connectivity index (χ3n) is 1.90. The summed E-state index contributed by atoms with van der Waals surface area (Å²) in [5.74, 6) is 0.921. The quantitative estimate of drug-likeness (QED) is 0.594. The Hall–Kier alpha value is -1.18. The van der Waals surface area contributed by atoms with Gasteiger partial charge < -0.3 is 0 Å². The van der Waals surface area contributed by atoms with E-state index in [9.17, 15) is 0 Å². The van der Waals surface area contributed by atoms with Crippen molar-refractivity contribution in [2.24, 2.45) is 4.99 Å². The van der Waals surface area contributed by atoms with Crippen LogP contribution in [-0.2, 0) is 12.8 Å². The van der Waals surface area contributed by atoms with E-state index in [2.05, 4.69) is 29.0 Å². The lowest BCUT2D eigenvalue weighted by atomic mass is 10.2. The number of hydrogen-bond donors (Lipinski definition) is 0. The molecule has 0 fully saturated rings. The van der Waals surface area contributed by atoms with Crippen molar-refractivity contribution in [3.05, 3.63) is 23.4 Å². The van der Waals surface area contributed by atoms with Crippen molar-refractivity contribution in [3.63, 3.8) is 0 Å². The van der Waals surface area contributed by atoms with Crippen LogP contribution in [0.25, 0.3) is 0 Å². The molecular weight excluding hydrogens is 136 g/mol. The molecule has 0 bridgehead atoms. The number of fused-ring (bicyclic) bond motifs is 1. The van der Waals surface area contributed by atoms with Crippen molar-refractivity contribution in [2.45, 2.75) is 19.8 Å². The minimum absolute atomic E-state index is 0.921. The molecule has 0 amide bonds. The normalized spacial score (nSPS) is 13.5. The minimum Gasteiger partial charge on any atom is -0.241 e. The van der Waals surface area contributed by atoms with E-state index in [1.165, 1.54) is 5.56 Å². The van der Waals surface area contributed by atoms with Gasteiger partial charge in [-0.25, -0.2) is 9.98 Å². The number of aromatic nitrogens is 1. The van der Waals surface area contributed by atoms with E-state index in [1.807, 2.05) is 6.21 Å². The number of aliphatic imine (C=N–C) groups is 1. The van der Waals surface area contributed by atoms with Gasteiger partial charge in [-0.3, -0.25) is 0 Å². The highest BCUT2D eigenvalue weighted by Gasteiger charge is 2.06. The van der Waals surface area contributed by atoms with Gasteiger partial charge in [-0.05, 0) is 12.5 Å². The van der Waals surface area contributed by atoms with Gasteiger partial charge >= 0.3 is 0 Å². The van der Waals surface area contributed by atoms with Gasteiger partial charge in [-0.15, -0.1) is 0 Å². The summed E-state index contributed by atoms with van der Waals surface area (Å²) in [6.45, 7) is 2.10. The van der Waals surface area contributed by atoms with Crippen LogP contribution in [0.1, 0.15) is 18.2 Å². The Balaban J connectivity index is 2.47. The van der Waals surface area contributed by atoms with Crippen LogP contribution in [0.3, 0.4) is 0 Å². The fourth-order valence-corrected chi connectivity index (χ4v) is 1.21. The van der Waals surface area contributed by atoms with Crippen LogP contribution in [-0.4, -0.2) is 11.2 Å². The molecule has 1 aliphatic heterocycles. The topological polar surface area (TPSA) is 25.2 Å². The van der Waals surface area contributed by atoms with Crippen LogP contribution in [0.5, 0.6) is 0 Å². The highest BCUT2D eigenvalue weighted by Crippen LogP contribution is 2.21. The van der Waals surface area contributed by atoms with Crippen LogP contribution in [0.2, 0.25) is 0 Å². The third kappa shape index (κ3) is 1.04. The van der Waals surface area contributed by atoms with Crippen molar-refractivity contribution in [1.82, 2.24) is 4.98 Å². The number of nitrogens with zero attached hydrogens (tertiary/aromatic N) is 2. The second-order valence-electron chi connectivity index (χ2n) is 2.65. The molecule has 1 aromatic heterocycles. The molecule has 11 heavy (non-hydrogen) atoms. The Labute approximate surface area is 66.0 Å². The molecule has 1 aromatic rings. The van der Waals surface area contributed by atoms with E-state index in [0.717, 1.165) is 24.4 Å². The van der Waals surface area contributed by atoms with Gasteiger partial charge in [-0.2, -0.15) is 0 Å². The predicted molar refractivity (Wildman–Crippen MR) is 45.5 cm³/mol. The molecular formula is C9H10N2. The number of aryl methyl sites for hydroxylation is 1. The Morgan fingerprint density at radius 3 is 3.18 bits per heavy atom. The molecule has 0 radical (unpaired) electrons. The molecule has 2 heterocycles. The van der Waals surface area contributed by atoms with E-state index in [1.54, 1.807) is 0 Å². The van der Waals surface area contributed by atoms with Crippen LogP contribution < -0.4 is 0 Å². The van der Waals surface area contributed by atoms with Gasteiger partial charge in [0.1, 0.15) is 0 Å². The monoisotopic (exact) mass is 146 g/mol. The summed E-state index contributed by atoms with van der Waals surface area (Å²) in [6, 6.07) is 4.20. The summed E-state index contributed by atoms with van der Waals surface area (Å²) < 4.78 is 0. The van der Waals surface area contributed by atoms with Crippen molar-refractivity contribution in [1.29, 1.82) is 0 Å². The Kier molecular flexibility index (Phi) is 1.46. The molecule has 0 aliphatic carbocycles. The lowest BCUT2D eigenvalue weighted by Gasteiger charge is -1.98. The molecule has 0 saturated heterocycles. The first-order valence-electron chi connectivity index (χ1n) is 3.91. The second-order valence-corrected chi connectivity index (χ2v) is 2.65.